The van der Waals surface area contributed by atoms with Crippen LogP contribution in [0.1, 0.15) is 21.9 Å². The highest BCUT2D eigenvalue weighted by Crippen LogP contribution is 2.54. The zero-order chi connectivity index (χ0) is 32.0. The molecule has 45 heavy (non-hydrogen) atoms. The molecule has 1 saturated heterocycles. The van der Waals surface area contributed by atoms with Crippen molar-refractivity contribution in [3.63, 3.8) is 0 Å². The molecule has 0 saturated carbocycles. The van der Waals surface area contributed by atoms with Crippen LogP contribution < -0.4 is 24.6 Å². The number of fused-ring (bicyclic) bond motifs is 2. The van der Waals surface area contributed by atoms with Gasteiger partial charge in [0.25, 0.3) is 5.91 Å². The number of methoxy groups -OCH3 is 1. The molecule has 2 N–H and O–H groups in total. The van der Waals surface area contributed by atoms with Crippen molar-refractivity contribution < 1.29 is 37.0 Å². The van der Waals surface area contributed by atoms with Crippen LogP contribution in [0.25, 0.3) is 0 Å². The van der Waals surface area contributed by atoms with Gasteiger partial charge in [-0.05, 0) is 60.7 Å². The number of thioether (sulfide) groups is 1. The van der Waals surface area contributed by atoms with E-state index < -0.39 is 53.2 Å². The molecule has 3 amide bonds. The molecule has 2 aliphatic heterocycles. The number of amides is 3. The molecule has 0 bridgehead atoms. The molecule has 1 aromatic heterocycles. The highest BCUT2D eigenvalue weighted by Gasteiger charge is 2.57. The van der Waals surface area contributed by atoms with Crippen LogP contribution in [0.2, 0.25) is 0 Å². The van der Waals surface area contributed by atoms with Gasteiger partial charge in [-0.2, -0.15) is 13.2 Å². The molecular weight excluding hydrogens is 699 g/mol. The molecule has 15 heteroatoms. The number of carbonyl (C=O) groups is 3. The summed E-state index contributed by atoms with van der Waals surface area (Å²) >= 11 is 5.48. The van der Waals surface area contributed by atoms with Crippen LogP contribution in [0.3, 0.4) is 0 Å². The number of hydrogen-bond acceptors (Lipinski definition) is 8. The average Bonchev–Trinajstić information content (AvgIpc) is 3.50. The van der Waals surface area contributed by atoms with E-state index in [1.807, 2.05) is 0 Å². The normalized spacial score (nSPS) is 19.2. The summed E-state index contributed by atoms with van der Waals surface area (Å²) in [5.41, 5.74) is -0.159. The quantitative estimate of drug-likeness (QED) is 0.224. The van der Waals surface area contributed by atoms with Crippen molar-refractivity contribution in [1.29, 1.82) is 0 Å². The van der Waals surface area contributed by atoms with Crippen LogP contribution in [-0.2, 0) is 20.6 Å². The van der Waals surface area contributed by atoms with E-state index in [0.29, 0.717) is 31.4 Å². The van der Waals surface area contributed by atoms with Crippen molar-refractivity contribution in [2.24, 2.45) is 5.92 Å². The van der Waals surface area contributed by atoms with Crippen LogP contribution in [0.15, 0.2) is 81.0 Å². The number of carbonyl (C=O) groups excluding carboxylic acids is 3. The Balaban J connectivity index is 1.32. The number of aromatic nitrogens is 1. The molecule has 0 aliphatic carbocycles. The summed E-state index contributed by atoms with van der Waals surface area (Å²) in [4.78, 5) is 57.1. The van der Waals surface area contributed by atoms with Crippen molar-refractivity contribution >= 4 is 68.1 Å². The summed E-state index contributed by atoms with van der Waals surface area (Å²) in [6, 6.07) is 15.6. The number of hydrogen-bond donors (Lipinski definition) is 2. The van der Waals surface area contributed by atoms with Crippen LogP contribution in [0, 0.1) is 5.92 Å². The van der Waals surface area contributed by atoms with Gasteiger partial charge in [0.05, 0.1) is 29.3 Å². The lowest BCUT2D eigenvalue weighted by Crippen LogP contribution is -2.32. The smallest absolute Gasteiger partial charge is 0.416 e. The number of halogens is 4. The standard InChI is InChI=1S/C30H21BrF3N3O6S2/c1-42-18-8-6-17(7-9-18)37-27(39)23-22(24-26(36-29(41)45-24)44-25(23)28(37)40)19-12-15(31)5-10-20(19)43-13-21(38)35-16-4-2-3-14(11-16)30(32,33)34/h2-12,22-23,25H,13H2,1H3,(H,35,38)(H,36,41)/t22-,23-,25+/m0/s1. The molecule has 6 rings (SSSR count). The van der Waals surface area contributed by atoms with Gasteiger partial charge < -0.3 is 19.8 Å². The third kappa shape index (κ3) is 5.99. The van der Waals surface area contributed by atoms with E-state index in [1.165, 1.54) is 19.2 Å². The van der Waals surface area contributed by atoms with Gasteiger partial charge in [0.15, 0.2) is 6.61 Å². The van der Waals surface area contributed by atoms with Crippen LogP contribution >= 0.6 is 39.0 Å². The molecule has 3 aromatic carbocycles. The largest absolute Gasteiger partial charge is 0.497 e. The van der Waals surface area contributed by atoms with E-state index in [4.69, 9.17) is 9.47 Å². The van der Waals surface area contributed by atoms with Crippen LogP contribution in [-0.4, -0.2) is 41.7 Å². The highest BCUT2D eigenvalue weighted by atomic mass is 79.9. The summed E-state index contributed by atoms with van der Waals surface area (Å²) in [5, 5.41) is 2.00. The Kier molecular flexibility index (Phi) is 8.26. The Morgan fingerprint density at radius 3 is 2.51 bits per heavy atom. The van der Waals surface area contributed by atoms with Gasteiger partial charge in [-0.25, -0.2) is 4.90 Å². The lowest BCUT2D eigenvalue weighted by atomic mass is 9.82. The van der Waals surface area contributed by atoms with Gasteiger partial charge >= 0.3 is 11.0 Å². The lowest BCUT2D eigenvalue weighted by molar-refractivity contribution is -0.137. The van der Waals surface area contributed by atoms with Crippen molar-refractivity contribution in [3.05, 3.63) is 96.9 Å². The molecule has 3 atom stereocenters. The highest BCUT2D eigenvalue weighted by molar-refractivity contribution is 9.10. The minimum absolute atomic E-state index is 0.0583. The second kappa shape index (κ2) is 12.0. The first kappa shape index (κ1) is 30.9. The Hall–Kier alpha value is -4.08. The molecule has 232 valence electrons. The number of nitrogens with zero attached hydrogens (tertiary/aromatic N) is 1. The molecule has 1 fully saturated rings. The van der Waals surface area contributed by atoms with Gasteiger partial charge in [-0.1, -0.05) is 45.1 Å². The lowest BCUT2D eigenvalue weighted by Gasteiger charge is -2.31. The number of thiazole rings is 1. The minimum Gasteiger partial charge on any atom is -0.497 e. The molecule has 0 radical (unpaired) electrons. The Bertz CT molecular complexity index is 1880. The summed E-state index contributed by atoms with van der Waals surface area (Å²) in [6.07, 6.45) is -4.58. The molecule has 4 aromatic rings. The molecule has 2 aliphatic rings. The Labute approximate surface area is 269 Å². The number of anilines is 2. The summed E-state index contributed by atoms with van der Waals surface area (Å²) in [5.74, 6) is -2.59. The molecule has 3 heterocycles. The summed E-state index contributed by atoms with van der Waals surface area (Å²) in [6.45, 7) is -0.568. The number of ether oxygens (including phenoxy) is 2. The average molecular weight is 721 g/mol. The van der Waals surface area contributed by atoms with Crippen molar-refractivity contribution in [2.75, 3.05) is 23.9 Å². The number of nitrogens with one attached hydrogen (secondary N) is 2. The second-order valence-electron chi connectivity index (χ2n) is 10.1. The maximum atomic E-state index is 14.0. The van der Waals surface area contributed by atoms with E-state index in [0.717, 1.165) is 40.1 Å². The maximum absolute atomic E-state index is 14.0. The number of benzene rings is 3. The minimum atomic E-state index is -4.58. The van der Waals surface area contributed by atoms with Gasteiger partial charge in [-0.15, -0.1) is 0 Å². The molecule has 0 unspecified atom stereocenters. The fourth-order valence-electron chi connectivity index (χ4n) is 5.35. The first-order valence-electron chi connectivity index (χ1n) is 13.3. The number of imide groups is 1. The van der Waals surface area contributed by atoms with Gasteiger partial charge in [0, 0.05) is 26.5 Å². The third-order valence-corrected chi connectivity index (χ3v) is 10.2. The Morgan fingerprint density at radius 2 is 1.80 bits per heavy atom. The van der Waals surface area contributed by atoms with Gasteiger partial charge in [0.1, 0.15) is 16.7 Å². The molecule has 9 nitrogen and oxygen atoms in total. The zero-order valence-corrected chi connectivity index (χ0v) is 26.2. The van der Waals surface area contributed by atoms with Crippen molar-refractivity contribution in [1.82, 2.24) is 4.98 Å². The third-order valence-electron chi connectivity index (χ3n) is 7.29. The molecule has 0 spiro atoms. The first-order chi connectivity index (χ1) is 21.4. The van der Waals surface area contributed by atoms with Crippen molar-refractivity contribution in [2.45, 2.75) is 22.4 Å². The number of alkyl halides is 3. The van der Waals surface area contributed by atoms with E-state index in [2.05, 4.69) is 26.2 Å². The van der Waals surface area contributed by atoms with Gasteiger partial charge in [-0.3, -0.25) is 19.2 Å². The summed E-state index contributed by atoms with van der Waals surface area (Å²) < 4.78 is 51.0. The topological polar surface area (TPSA) is 118 Å². The maximum Gasteiger partial charge on any atom is 0.416 e. The zero-order valence-electron chi connectivity index (χ0n) is 23.0. The predicted molar refractivity (Wildman–Crippen MR) is 165 cm³/mol. The fourth-order valence-corrected chi connectivity index (χ4v) is 8.23. The number of rotatable bonds is 7. The summed E-state index contributed by atoms with van der Waals surface area (Å²) in [7, 11) is 1.50. The van der Waals surface area contributed by atoms with E-state index in [-0.39, 0.29) is 16.3 Å². The van der Waals surface area contributed by atoms with E-state index in [9.17, 15) is 32.3 Å². The second-order valence-corrected chi connectivity index (χ2v) is 13.1. The monoisotopic (exact) mass is 719 g/mol. The van der Waals surface area contributed by atoms with Crippen LogP contribution in [0.5, 0.6) is 11.5 Å². The molecular formula is C30H21BrF3N3O6S2. The van der Waals surface area contributed by atoms with Crippen molar-refractivity contribution in [3.8, 4) is 11.5 Å². The predicted octanol–water partition coefficient (Wildman–Crippen LogP) is 6.04. The SMILES string of the molecule is COc1ccc(N2C(=O)[C@H]3[C@H](c4cc(Br)ccc4OCC(=O)Nc4cccc(C(F)(F)F)c4)c4sc(=O)[nH]c4S[C@H]3C2=O)cc1. The Morgan fingerprint density at radius 1 is 1.04 bits per heavy atom. The van der Waals surface area contributed by atoms with Gasteiger partial charge in [0.2, 0.25) is 11.8 Å². The fraction of sp³-hybridized carbons (Fsp3) is 0.200. The van der Waals surface area contributed by atoms with E-state index in [1.54, 1.807) is 42.5 Å². The number of aromatic amines is 1. The van der Waals surface area contributed by atoms with Crippen LogP contribution in [0.4, 0.5) is 24.5 Å². The van der Waals surface area contributed by atoms with E-state index >= 15 is 0 Å². The number of H-pyrrole nitrogens is 1. The first-order valence-corrected chi connectivity index (χ1v) is 15.7.